The standard InChI is InChI=1S/C31H21BO2/c1-20-9-5-6-12-23(20)24-13-7-14-25-31(24)34-29-16-8-15-28-30(29)32(25)26-19-22(17-18-27(26)33-28)21-10-3-2-4-11-21/h2-19H,1H3. The fourth-order valence-corrected chi connectivity index (χ4v) is 5.35. The van der Waals surface area contributed by atoms with Crippen LogP contribution in [0.3, 0.4) is 0 Å². The van der Waals surface area contributed by atoms with Gasteiger partial charge < -0.3 is 9.47 Å². The molecular weight excluding hydrogens is 415 g/mol. The van der Waals surface area contributed by atoms with Gasteiger partial charge in [0.05, 0.1) is 0 Å². The summed E-state index contributed by atoms with van der Waals surface area (Å²) in [5.41, 5.74) is 9.40. The van der Waals surface area contributed by atoms with E-state index in [1.807, 2.05) is 12.1 Å². The van der Waals surface area contributed by atoms with Crippen molar-refractivity contribution in [1.29, 1.82) is 0 Å². The number of ether oxygens (including phenoxy) is 2. The first kappa shape index (κ1) is 19.3. The summed E-state index contributed by atoms with van der Waals surface area (Å²) >= 11 is 0. The van der Waals surface area contributed by atoms with Crippen LogP contribution in [0.5, 0.6) is 23.0 Å². The van der Waals surface area contributed by atoms with Crippen molar-refractivity contribution in [1.82, 2.24) is 0 Å². The Morgan fingerprint density at radius 3 is 2.12 bits per heavy atom. The monoisotopic (exact) mass is 436 g/mol. The quantitative estimate of drug-likeness (QED) is 0.307. The average Bonchev–Trinajstić information content (AvgIpc) is 2.89. The Hall–Kier alpha value is -4.24. The highest BCUT2D eigenvalue weighted by Gasteiger charge is 2.40. The van der Waals surface area contributed by atoms with Crippen LogP contribution in [0.25, 0.3) is 22.3 Å². The van der Waals surface area contributed by atoms with Gasteiger partial charge in [-0.15, -0.1) is 0 Å². The minimum absolute atomic E-state index is 0.0475. The molecule has 0 atom stereocenters. The summed E-state index contributed by atoms with van der Waals surface area (Å²) in [5, 5.41) is 0. The Kier molecular flexibility index (Phi) is 4.19. The van der Waals surface area contributed by atoms with E-state index in [1.54, 1.807) is 0 Å². The van der Waals surface area contributed by atoms with Crippen molar-refractivity contribution in [2.24, 2.45) is 0 Å². The third-order valence-corrected chi connectivity index (χ3v) is 6.97. The Morgan fingerprint density at radius 1 is 0.529 bits per heavy atom. The fraction of sp³-hybridized carbons (Fsp3) is 0.0323. The van der Waals surface area contributed by atoms with Gasteiger partial charge in [0.15, 0.2) is 0 Å². The molecule has 0 saturated heterocycles. The SMILES string of the molecule is Cc1ccccc1-c1cccc2c1Oc1cccc3c1B2c1cc(-c2ccccc2)ccc1O3. The van der Waals surface area contributed by atoms with Crippen LogP contribution in [0.1, 0.15) is 5.56 Å². The van der Waals surface area contributed by atoms with E-state index in [2.05, 4.69) is 104 Å². The summed E-state index contributed by atoms with van der Waals surface area (Å²) in [6, 6.07) is 38.2. The predicted octanol–water partition coefficient (Wildman–Crippen LogP) is 6.06. The van der Waals surface area contributed by atoms with Crippen molar-refractivity contribution in [2.75, 3.05) is 0 Å². The molecule has 2 heterocycles. The van der Waals surface area contributed by atoms with Gasteiger partial charge in [-0.3, -0.25) is 0 Å². The van der Waals surface area contributed by atoms with Gasteiger partial charge in [-0.2, -0.15) is 0 Å². The van der Waals surface area contributed by atoms with Gasteiger partial charge in [-0.05, 0) is 58.3 Å². The smallest absolute Gasteiger partial charge is 0.260 e. The van der Waals surface area contributed by atoms with Gasteiger partial charge in [-0.1, -0.05) is 91.0 Å². The van der Waals surface area contributed by atoms with Crippen molar-refractivity contribution < 1.29 is 9.47 Å². The molecule has 160 valence electrons. The van der Waals surface area contributed by atoms with Gasteiger partial charge >= 0.3 is 0 Å². The van der Waals surface area contributed by atoms with Crippen molar-refractivity contribution in [3.05, 3.63) is 115 Å². The highest BCUT2D eigenvalue weighted by molar-refractivity contribution is 6.98. The molecule has 0 radical (unpaired) electrons. The molecular formula is C31H21BO2. The first-order valence-electron chi connectivity index (χ1n) is 11.6. The summed E-state index contributed by atoms with van der Waals surface area (Å²) in [7, 11) is 0. The number of fused-ring (bicyclic) bond motifs is 4. The normalized spacial score (nSPS) is 12.7. The first-order chi connectivity index (χ1) is 16.8. The minimum atomic E-state index is 0.0475. The fourth-order valence-electron chi connectivity index (χ4n) is 5.35. The molecule has 3 heteroatoms. The van der Waals surface area contributed by atoms with Crippen LogP contribution in [0, 0.1) is 6.92 Å². The Morgan fingerprint density at radius 2 is 1.26 bits per heavy atom. The highest BCUT2D eigenvalue weighted by atomic mass is 16.5. The third kappa shape index (κ3) is 2.83. The lowest BCUT2D eigenvalue weighted by atomic mass is 9.34. The average molecular weight is 436 g/mol. The van der Waals surface area contributed by atoms with E-state index < -0.39 is 0 Å². The van der Waals surface area contributed by atoms with Crippen molar-refractivity contribution >= 4 is 23.1 Å². The molecule has 5 aromatic rings. The van der Waals surface area contributed by atoms with Gasteiger partial charge in [0.25, 0.3) is 6.71 Å². The zero-order chi connectivity index (χ0) is 22.6. The lowest BCUT2D eigenvalue weighted by molar-refractivity contribution is 0.465. The minimum Gasteiger partial charge on any atom is -0.458 e. The van der Waals surface area contributed by atoms with Crippen LogP contribution in [0.4, 0.5) is 0 Å². The van der Waals surface area contributed by atoms with E-state index in [9.17, 15) is 0 Å². The van der Waals surface area contributed by atoms with E-state index in [1.165, 1.54) is 33.2 Å². The molecule has 0 saturated carbocycles. The summed E-state index contributed by atoms with van der Waals surface area (Å²) < 4.78 is 13.0. The van der Waals surface area contributed by atoms with Gasteiger partial charge in [-0.25, -0.2) is 0 Å². The molecule has 2 aliphatic heterocycles. The number of hydrogen-bond acceptors (Lipinski definition) is 2. The Bertz CT molecular complexity index is 1570. The van der Waals surface area contributed by atoms with E-state index in [0.29, 0.717) is 0 Å². The number of hydrogen-bond donors (Lipinski definition) is 0. The summed E-state index contributed by atoms with van der Waals surface area (Å²) in [4.78, 5) is 0. The molecule has 34 heavy (non-hydrogen) atoms. The van der Waals surface area contributed by atoms with Crippen LogP contribution in [-0.4, -0.2) is 6.71 Å². The number of para-hydroxylation sites is 1. The van der Waals surface area contributed by atoms with E-state index in [-0.39, 0.29) is 6.71 Å². The molecule has 2 nitrogen and oxygen atoms in total. The molecule has 0 unspecified atom stereocenters. The van der Waals surface area contributed by atoms with E-state index in [0.717, 1.165) is 34.0 Å². The number of rotatable bonds is 2. The van der Waals surface area contributed by atoms with Crippen molar-refractivity contribution in [3.63, 3.8) is 0 Å². The molecule has 0 aliphatic carbocycles. The lowest BCUT2D eigenvalue weighted by Gasteiger charge is -2.34. The molecule has 0 bridgehead atoms. The predicted molar refractivity (Wildman–Crippen MR) is 140 cm³/mol. The maximum Gasteiger partial charge on any atom is 0.260 e. The second-order valence-electron chi connectivity index (χ2n) is 8.96. The van der Waals surface area contributed by atoms with E-state index in [4.69, 9.17) is 9.47 Å². The van der Waals surface area contributed by atoms with Crippen LogP contribution in [0.15, 0.2) is 109 Å². The Labute approximate surface area is 199 Å². The van der Waals surface area contributed by atoms with Crippen molar-refractivity contribution in [3.8, 4) is 45.3 Å². The topological polar surface area (TPSA) is 18.5 Å². The van der Waals surface area contributed by atoms with E-state index >= 15 is 0 Å². The Balaban J connectivity index is 1.48. The van der Waals surface area contributed by atoms with Gasteiger partial charge in [0, 0.05) is 11.0 Å². The van der Waals surface area contributed by atoms with Gasteiger partial charge in [0.1, 0.15) is 23.0 Å². The maximum absolute atomic E-state index is 6.61. The molecule has 0 amide bonds. The second-order valence-corrected chi connectivity index (χ2v) is 8.96. The maximum atomic E-state index is 6.61. The zero-order valence-electron chi connectivity index (χ0n) is 18.8. The molecule has 7 rings (SSSR count). The molecule has 2 aliphatic rings. The largest absolute Gasteiger partial charge is 0.458 e. The van der Waals surface area contributed by atoms with Gasteiger partial charge in [0.2, 0.25) is 0 Å². The molecule has 0 aromatic heterocycles. The second kappa shape index (κ2) is 7.39. The molecule has 0 fully saturated rings. The molecule has 0 N–H and O–H groups in total. The van der Waals surface area contributed by atoms with Crippen LogP contribution in [0.2, 0.25) is 0 Å². The first-order valence-corrected chi connectivity index (χ1v) is 11.6. The van der Waals surface area contributed by atoms with Crippen molar-refractivity contribution in [2.45, 2.75) is 6.92 Å². The zero-order valence-corrected chi connectivity index (χ0v) is 18.8. The summed E-state index contributed by atoms with van der Waals surface area (Å²) in [5.74, 6) is 3.58. The van der Waals surface area contributed by atoms with Crippen LogP contribution < -0.4 is 25.9 Å². The van der Waals surface area contributed by atoms with Crippen LogP contribution in [-0.2, 0) is 0 Å². The molecule has 0 spiro atoms. The highest BCUT2D eigenvalue weighted by Crippen LogP contribution is 2.40. The lowest BCUT2D eigenvalue weighted by Crippen LogP contribution is -2.57. The number of benzene rings is 5. The molecule has 5 aromatic carbocycles. The number of aryl methyl sites for hydroxylation is 1. The summed E-state index contributed by atoms with van der Waals surface area (Å²) in [6.45, 7) is 2.20. The summed E-state index contributed by atoms with van der Waals surface area (Å²) in [6.07, 6.45) is 0. The third-order valence-electron chi connectivity index (χ3n) is 6.97. The van der Waals surface area contributed by atoms with Crippen LogP contribution >= 0.6 is 0 Å².